The van der Waals surface area contributed by atoms with Gasteiger partial charge in [0.05, 0.1) is 6.61 Å². The quantitative estimate of drug-likeness (QED) is 0.109. The van der Waals surface area contributed by atoms with E-state index in [1.54, 1.807) is 0 Å². The lowest BCUT2D eigenvalue weighted by Gasteiger charge is -2.09. The van der Waals surface area contributed by atoms with Crippen molar-refractivity contribution in [2.75, 3.05) is 6.61 Å². The fourth-order valence-corrected chi connectivity index (χ4v) is 4.28. The molecule has 0 unspecified atom stereocenters. The fourth-order valence-electron chi connectivity index (χ4n) is 4.28. The van der Waals surface area contributed by atoms with Gasteiger partial charge in [-0.25, -0.2) is 4.79 Å². The van der Waals surface area contributed by atoms with Crippen LogP contribution in [0.25, 0.3) is 0 Å². The van der Waals surface area contributed by atoms with Gasteiger partial charge in [-0.15, -0.1) is 6.58 Å². The van der Waals surface area contributed by atoms with E-state index in [9.17, 15) is 9.59 Å². The normalized spacial score (nSPS) is 15.7. The average Bonchev–Trinajstić information content (AvgIpc) is 3.21. The summed E-state index contributed by atoms with van der Waals surface area (Å²) in [5.74, 6) is -0.306. The van der Waals surface area contributed by atoms with E-state index in [1.165, 1.54) is 109 Å². The van der Waals surface area contributed by atoms with Gasteiger partial charge in [0, 0.05) is 6.42 Å². The lowest BCUT2D eigenvalue weighted by Crippen LogP contribution is -2.34. The van der Waals surface area contributed by atoms with Gasteiger partial charge in [0.25, 0.3) is 0 Å². The molecule has 4 heteroatoms. The molecular formula is C27H49NO3. The highest BCUT2D eigenvalue weighted by atomic mass is 16.5. The van der Waals surface area contributed by atoms with Crippen molar-refractivity contribution >= 4 is 11.9 Å². The second-order valence-corrected chi connectivity index (χ2v) is 9.27. The third kappa shape index (κ3) is 17.0. The number of amides is 1. The number of carbonyl (C=O) groups excluding carboxylic acids is 2. The van der Waals surface area contributed by atoms with E-state index < -0.39 is 6.04 Å². The van der Waals surface area contributed by atoms with Crippen LogP contribution in [0.3, 0.4) is 0 Å². The van der Waals surface area contributed by atoms with Crippen LogP contribution in [0.4, 0.5) is 0 Å². The predicted octanol–water partition coefficient (Wildman–Crippen LogP) is 7.41. The number of allylic oxidation sites excluding steroid dienone is 1. The van der Waals surface area contributed by atoms with Crippen LogP contribution in [-0.4, -0.2) is 24.5 Å². The van der Waals surface area contributed by atoms with Gasteiger partial charge < -0.3 is 10.1 Å². The predicted molar refractivity (Wildman–Crippen MR) is 130 cm³/mol. The van der Waals surface area contributed by atoms with Gasteiger partial charge >= 0.3 is 5.97 Å². The molecule has 1 amide bonds. The van der Waals surface area contributed by atoms with Crippen LogP contribution < -0.4 is 5.32 Å². The minimum absolute atomic E-state index is 0.0431. The highest BCUT2D eigenvalue weighted by Gasteiger charge is 2.28. The molecule has 0 aliphatic carbocycles. The molecule has 1 heterocycles. The number of rotatable bonds is 22. The van der Waals surface area contributed by atoms with Crippen LogP contribution in [0.15, 0.2) is 12.7 Å². The van der Waals surface area contributed by atoms with Crippen LogP contribution >= 0.6 is 0 Å². The molecule has 1 N–H and O–H groups in total. The monoisotopic (exact) mass is 435 g/mol. The maximum absolute atomic E-state index is 11.8. The summed E-state index contributed by atoms with van der Waals surface area (Å²) >= 11 is 0. The maximum Gasteiger partial charge on any atom is 0.328 e. The van der Waals surface area contributed by atoms with E-state index in [4.69, 9.17) is 4.74 Å². The number of ether oxygens (including phenoxy) is 1. The Kier molecular flexibility index (Phi) is 18.4. The second kappa shape index (κ2) is 20.6. The topological polar surface area (TPSA) is 55.4 Å². The number of carbonyl (C=O) groups is 2. The first-order valence-corrected chi connectivity index (χ1v) is 13.3. The highest BCUT2D eigenvalue weighted by molar-refractivity contribution is 5.87. The minimum atomic E-state index is -0.407. The zero-order chi connectivity index (χ0) is 22.4. The van der Waals surface area contributed by atoms with Gasteiger partial charge in [-0.2, -0.15) is 0 Å². The molecule has 1 atom stereocenters. The molecule has 0 bridgehead atoms. The summed E-state index contributed by atoms with van der Waals surface area (Å²) in [4.78, 5) is 22.9. The Balaban J connectivity index is 1.69. The molecule has 1 aliphatic heterocycles. The highest BCUT2D eigenvalue weighted by Crippen LogP contribution is 2.15. The van der Waals surface area contributed by atoms with Crippen molar-refractivity contribution in [2.45, 2.75) is 141 Å². The number of hydrogen-bond acceptors (Lipinski definition) is 3. The van der Waals surface area contributed by atoms with Crippen molar-refractivity contribution in [3.05, 3.63) is 12.7 Å². The van der Waals surface area contributed by atoms with Gasteiger partial charge in [0.1, 0.15) is 6.04 Å². The third-order valence-electron chi connectivity index (χ3n) is 6.33. The van der Waals surface area contributed by atoms with Gasteiger partial charge in [-0.3, -0.25) is 4.79 Å². The molecule has 0 radical (unpaired) electrons. The van der Waals surface area contributed by atoms with Crippen molar-refractivity contribution in [1.82, 2.24) is 5.32 Å². The van der Waals surface area contributed by atoms with E-state index in [0.717, 1.165) is 12.8 Å². The Morgan fingerprint density at radius 1 is 0.774 bits per heavy atom. The summed E-state index contributed by atoms with van der Waals surface area (Å²) in [5.41, 5.74) is 0. The molecule has 1 rings (SSSR count). The van der Waals surface area contributed by atoms with Crippen molar-refractivity contribution in [3.8, 4) is 0 Å². The van der Waals surface area contributed by atoms with Crippen LogP contribution in [0.2, 0.25) is 0 Å². The molecule has 31 heavy (non-hydrogen) atoms. The smallest absolute Gasteiger partial charge is 0.328 e. The van der Waals surface area contributed by atoms with Gasteiger partial charge in [0.15, 0.2) is 0 Å². The first-order chi connectivity index (χ1) is 15.2. The molecule has 4 nitrogen and oxygen atoms in total. The largest absolute Gasteiger partial charge is 0.464 e. The molecule has 0 spiro atoms. The Morgan fingerprint density at radius 2 is 1.19 bits per heavy atom. The lowest BCUT2D eigenvalue weighted by molar-refractivity contribution is -0.146. The van der Waals surface area contributed by atoms with Crippen molar-refractivity contribution in [1.29, 1.82) is 0 Å². The Morgan fingerprint density at radius 3 is 1.58 bits per heavy atom. The molecule has 0 aromatic carbocycles. The number of esters is 1. The van der Waals surface area contributed by atoms with Gasteiger partial charge in [-0.05, 0) is 25.7 Å². The molecule has 1 aliphatic rings. The minimum Gasteiger partial charge on any atom is -0.464 e. The number of unbranched alkanes of at least 4 members (excludes halogenated alkanes) is 18. The summed E-state index contributed by atoms with van der Waals surface area (Å²) in [6, 6.07) is -0.407. The summed E-state index contributed by atoms with van der Waals surface area (Å²) in [6.07, 6.45) is 28.4. The van der Waals surface area contributed by atoms with E-state index in [-0.39, 0.29) is 11.9 Å². The molecule has 0 aromatic heterocycles. The first kappa shape index (κ1) is 27.7. The van der Waals surface area contributed by atoms with Crippen molar-refractivity contribution in [2.24, 2.45) is 0 Å². The summed E-state index contributed by atoms with van der Waals surface area (Å²) in [5, 5.41) is 2.65. The van der Waals surface area contributed by atoms with Gasteiger partial charge in [-0.1, -0.05) is 109 Å². The van der Waals surface area contributed by atoms with E-state index in [2.05, 4.69) is 11.9 Å². The molecule has 0 aromatic rings. The Bertz CT molecular complexity index is 463. The van der Waals surface area contributed by atoms with Crippen LogP contribution in [0.1, 0.15) is 135 Å². The first-order valence-electron chi connectivity index (χ1n) is 13.3. The van der Waals surface area contributed by atoms with E-state index in [1.807, 2.05) is 6.08 Å². The number of nitrogens with one attached hydrogen (secondary N) is 1. The summed E-state index contributed by atoms with van der Waals surface area (Å²) in [7, 11) is 0. The molecule has 1 fully saturated rings. The van der Waals surface area contributed by atoms with Crippen LogP contribution in [0.5, 0.6) is 0 Å². The molecular weight excluding hydrogens is 386 g/mol. The summed E-state index contributed by atoms with van der Waals surface area (Å²) in [6.45, 7) is 4.26. The SMILES string of the molecule is C=CCCCCCCCCCCCCCCCCCCCCOC(=O)[C@@H]1CCC(=O)N1. The average molecular weight is 436 g/mol. The molecule has 1 saturated heterocycles. The molecule has 0 saturated carbocycles. The fraction of sp³-hybridized carbons (Fsp3) is 0.852. The lowest BCUT2D eigenvalue weighted by atomic mass is 10.0. The van der Waals surface area contributed by atoms with Crippen molar-refractivity contribution < 1.29 is 14.3 Å². The van der Waals surface area contributed by atoms with Crippen LogP contribution in [0, 0.1) is 0 Å². The Labute approximate surface area is 192 Å². The van der Waals surface area contributed by atoms with Crippen molar-refractivity contribution in [3.63, 3.8) is 0 Å². The number of hydrogen-bond donors (Lipinski definition) is 1. The maximum atomic E-state index is 11.8. The standard InChI is InChI=1S/C27H49NO3/c1-2-3-4-5-6-7-8-9-10-11-12-13-14-15-16-17-18-19-20-21-24-31-27(30)25-22-23-26(29)28-25/h2,25H,1,3-24H2,(H,28,29)/t25-/m0/s1. The zero-order valence-electron chi connectivity index (χ0n) is 20.1. The zero-order valence-corrected chi connectivity index (χ0v) is 20.1. The van der Waals surface area contributed by atoms with Gasteiger partial charge in [0.2, 0.25) is 5.91 Å². The van der Waals surface area contributed by atoms with E-state index in [0.29, 0.717) is 19.4 Å². The third-order valence-corrected chi connectivity index (χ3v) is 6.33. The second-order valence-electron chi connectivity index (χ2n) is 9.27. The molecule has 180 valence electrons. The van der Waals surface area contributed by atoms with Crippen LogP contribution in [-0.2, 0) is 14.3 Å². The summed E-state index contributed by atoms with van der Waals surface area (Å²) < 4.78 is 5.25. The Hall–Kier alpha value is -1.32. The van der Waals surface area contributed by atoms with E-state index >= 15 is 0 Å².